The van der Waals surface area contributed by atoms with Crippen LogP contribution in [-0.2, 0) is 16.1 Å². The van der Waals surface area contributed by atoms with E-state index in [0.29, 0.717) is 13.2 Å². The minimum atomic E-state index is -0.0797. The van der Waals surface area contributed by atoms with Crippen LogP contribution in [0.2, 0.25) is 0 Å². The predicted molar refractivity (Wildman–Crippen MR) is 62.7 cm³/mol. The summed E-state index contributed by atoms with van der Waals surface area (Å²) in [4.78, 5) is 24.1. The Hall–Kier alpha value is -1.84. The minimum absolute atomic E-state index is 0.000867. The summed E-state index contributed by atoms with van der Waals surface area (Å²) in [5.41, 5.74) is 1.01. The number of Topliss-reactive ketones (excluding diaryl/α,β-unsaturated/α-hetero) is 1. The number of likely N-dealkylation sites (tertiary alicyclic amines) is 1. The molecule has 4 nitrogen and oxygen atoms in total. The van der Waals surface area contributed by atoms with Gasteiger partial charge in [-0.15, -0.1) is 0 Å². The van der Waals surface area contributed by atoms with Crippen LogP contribution in [0.5, 0.6) is 5.75 Å². The Kier molecular flexibility index (Phi) is 3.42. The number of rotatable bonds is 4. The van der Waals surface area contributed by atoms with Crippen molar-refractivity contribution in [3.63, 3.8) is 0 Å². The first-order valence-corrected chi connectivity index (χ1v) is 5.70. The SMILES string of the molecule is CCOc1ccc(CN2CC(=O)CC2=O)cc1. The first kappa shape index (κ1) is 11.6. The van der Waals surface area contributed by atoms with Gasteiger partial charge in [0.25, 0.3) is 0 Å². The van der Waals surface area contributed by atoms with E-state index in [1.165, 1.54) is 0 Å². The van der Waals surface area contributed by atoms with Gasteiger partial charge in [-0.1, -0.05) is 12.1 Å². The highest BCUT2D eigenvalue weighted by atomic mass is 16.5. The Balaban J connectivity index is 1.99. The lowest BCUT2D eigenvalue weighted by Crippen LogP contribution is -2.24. The molecule has 1 aromatic rings. The number of amides is 1. The first-order valence-electron chi connectivity index (χ1n) is 5.70. The summed E-state index contributed by atoms with van der Waals surface area (Å²) in [5, 5.41) is 0. The van der Waals surface area contributed by atoms with Gasteiger partial charge >= 0.3 is 0 Å². The molecule has 1 aliphatic heterocycles. The van der Waals surface area contributed by atoms with Gasteiger partial charge in [0.1, 0.15) is 5.75 Å². The smallest absolute Gasteiger partial charge is 0.230 e. The molecule has 1 fully saturated rings. The zero-order chi connectivity index (χ0) is 12.3. The van der Waals surface area contributed by atoms with Crippen molar-refractivity contribution in [1.29, 1.82) is 0 Å². The van der Waals surface area contributed by atoms with E-state index >= 15 is 0 Å². The van der Waals surface area contributed by atoms with Crippen LogP contribution in [0.1, 0.15) is 18.9 Å². The van der Waals surface area contributed by atoms with Crippen molar-refractivity contribution in [2.75, 3.05) is 13.2 Å². The number of nitrogens with zero attached hydrogens (tertiary/aromatic N) is 1. The van der Waals surface area contributed by atoms with Crippen LogP contribution in [0.4, 0.5) is 0 Å². The number of ketones is 1. The number of hydrogen-bond donors (Lipinski definition) is 0. The summed E-state index contributed by atoms with van der Waals surface area (Å²) in [7, 11) is 0. The Labute approximate surface area is 100 Å². The molecule has 90 valence electrons. The lowest BCUT2D eigenvalue weighted by atomic mass is 10.2. The Morgan fingerprint density at radius 3 is 2.47 bits per heavy atom. The van der Waals surface area contributed by atoms with E-state index in [-0.39, 0.29) is 24.7 Å². The van der Waals surface area contributed by atoms with Crippen molar-refractivity contribution < 1.29 is 14.3 Å². The van der Waals surface area contributed by atoms with Gasteiger partial charge in [0.15, 0.2) is 5.78 Å². The number of carbonyl (C=O) groups excluding carboxylic acids is 2. The van der Waals surface area contributed by atoms with Crippen molar-refractivity contribution in [2.24, 2.45) is 0 Å². The second-order valence-electron chi connectivity index (χ2n) is 4.04. The highest BCUT2D eigenvalue weighted by Crippen LogP contribution is 2.16. The van der Waals surface area contributed by atoms with Crippen LogP contribution in [0.3, 0.4) is 0 Å². The number of hydrogen-bond acceptors (Lipinski definition) is 3. The molecular formula is C13H15NO3. The summed E-state index contributed by atoms with van der Waals surface area (Å²) >= 11 is 0. The third-order valence-electron chi connectivity index (χ3n) is 2.68. The monoisotopic (exact) mass is 233 g/mol. The van der Waals surface area contributed by atoms with E-state index < -0.39 is 0 Å². The van der Waals surface area contributed by atoms with E-state index in [1.807, 2.05) is 31.2 Å². The Bertz CT molecular complexity index is 425. The van der Waals surface area contributed by atoms with Crippen LogP contribution in [0.25, 0.3) is 0 Å². The molecule has 1 heterocycles. The van der Waals surface area contributed by atoms with E-state index in [2.05, 4.69) is 0 Å². The Morgan fingerprint density at radius 1 is 1.24 bits per heavy atom. The summed E-state index contributed by atoms with van der Waals surface area (Å²) in [6, 6.07) is 7.59. The molecule has 1 saturated heterocycles. The van der Waals surface area contributed by atoms with Crippen molar-refractivity contribution >= 4 is 11.7 Å². The van der Waals surface area contributed by atoms with Gasteiger partial charge in [0.2, 0.25) is 5.91 Å². The standard InChI is InChI=1S/C13H15NO3/c1-2-17-12-5-3-10(4-6-12)8-14-9-11(15)7-13(14)16/h3-6H,2,7-9H2,1H3. The molecule has 0 N–H and O–H groups in total. The fourth-order valence-electron chi connectivity index (χ4n) is 1.86. The van der Waals surface area contributed by atoms with Crippen LogP contribution >= 0.6 is 0 Å². The van der Waals surface area contributed by atoms with Crippen LogP contribution in [0.15, 0.2) is 24.3 Å². The molecule has 0 radical (unpaired) electrons. The highest BCUT2D eigenvalue weighted by Gasteiger charge is 2.26. The number of ether oxygens (including phenoxy) is 1. The summed E-state index contributed by atoms with van der Waals surface area (Å²) in [5.74, 6) is 0.741. The maximum absolute atomic E-state index is 11.4. The molecule has 0 bridgehead atoms. The maximum atomic E-state index is 11.4. The lowest BCUT2D eigenvalue weighted by molar-refractivity contribution is -0.128. The molecule has 2 rings (SSSR count). The molecule has 1 aromatic carbocycles. The molecule has 0 spiro atoms. The molecule has 17 heavy (non-hydrogen) atoms. The molecule has 1 amide bonds. The fraction of sp³-hybridized carbons (Fsp3) is 0.385. The average molecular weight is 233 g/mol. The summed E-state index contributed by atoms with van der Waals surface area (Å²) in [6.45, 7) is 3.31. The third kappa shape index (κ3) is 2.84. The topological polar surface area (TPSA) is 46.6 Å². The molecule has 0 saturated carbocycles. The van der Waals surface area contributed by atoms with Gasteiger partial charge in [-0.3, -0.25) is 9.59 Å². The molecule has 0 atom stereocenters. The third-order valence-corrected chi connectivity index (χ3v) is 2.68. The largest absolute Gasteiger partial charge is 0.494 e. The molecular weight excluding hydrogens is 218 g/mol. The van der Waals surface area contributed by atoms with E-state index in [0.717, 1.165) is 11.3 Å². The lowest BCUT2D eigenvalue weighted by Gasteiger charge is -2.14. The zero-order valence-corrected chi connectivity index (χ0v) is 9.81. The van der Waals surface area contributed by atoms with Crippen molar-refractivity contribution in [3.8, 4) is 5.75 Å². The Morgan fingerprint density at radius 2 is 1.94 bits per heavy atom. The van der Waals surface area contributed by atoms with Crippen LogP contribution in [0, 0.1) is 0 Å². The minimum Gasteiger partial charge on any atom is -0.494 e. The zero-order valence-electron chi connectivity index (χ0n) is 9.81. The van der Waals surface area contributed by atoms with Gasteiger partial charge in [-0.25, -0.2) is 0 Å². The van der Waals surface area contributed by atoms with Crippen LogP contribution < -0.4 is 4.74 Å². The van der Waals surface area contributed by atoms with Gasteiger partial charge in [-0.05, 0) is 24.6 Å². The van der Waals surface area contributed by atoms with E-state index in [4.69, 9.17) is 4.74 Å². The van der Waals surface area contributed by atoms with Gasteiger partial charge < -0.3 is 9.64 Å². The highest BCUT2D eigenvalue weighted by molar-refractivity contribution is 6.05. The first-order chi connectivity index (χ1) is 8.19. The van der Waals surface area contributed by atoms with Crippen molar-refractivity contribution in [2.45, 2.75) is 19.9 Å². The normalized spacial score (nSPS) is 15.5. The molecule has 0 unspecified atom stereocenters. The molecule has 0 aliphatic carbocycles. The van der Waals surface area contributed by atoms with Crippen molar-refractivity contribution in [3.05, 3.63) is 29.8 Å². The molecule has 1 aliphatic rings. The van der Waals surface area contributed by atoms with Crippen molar-refractivity contribution in [1.82, 2.24) is 4.90 Å². The number of carbonyl (C=O) groups is 2. The van der Waals surface area contributed by atoms with Gasteiger partial charge in [-0.2, -0.15) is 0 Å². The maximum Gasteiger partial charge on any atom is 0.230 e. The average Bonchev–Trinajstić information content (AvgIpc) is 2.61. The van der Waals surface area contributed by atoms with E-state index in [9.17, 15) is 9.59 Å². The number of benzene rings is 1. The van der Waals surface area contributed by atoms with Gasteiger partial charge in [0, 0.05) is 6.54 Å². The predicted octanol–water partition coefficient (Wildman–Crippen LogP) is 1.39. The fourth-order valence-corrected chi connectivity index (χ4v) is 1.86. The van der Waals surface area contributed by atoms with E-state index in [1.54, 1.807) is 4.90 Å². The van der Waals surface area contributed by atoms with Crippen LogP contribution in [-0.4, -0.2) is 29.7 Å². The second kappa shape index (κ2) is 4.99. The van der Waals surface area contributed by atoms with Gasteiger partial charge in [0.05, 0.1) is 19.6 Å². The molecule has 0 aromatic heterocycles. The second-order valence-corrected chi connectivity index (χ2v) is 4.04. The quantitative estimate of drug-likeness (QED) is 0.738. The summed E-state index contributed by atoms with van der Waals surface area (Å²) in [6.07, 6.45) is 0.0526. The summed E-state index contributed by atoms with van der Waals surface area (Å²) < 4.78 is 5.33. The molecule has 4 heteroatoms.